The molecule has 0 heterocycles. The largest absolute Gasteiger partial charge is 0.490 e. The van der Waals surface area contributed by atoms with Gasteiger partial charge in [-0.1, -0.05) is 32.9 Å². The molecule has 0 spiro atoms. The summed E-state index contributed by atoms with van der Waals surface area (Å²) in [5.41, 5.74) is 5.71. The van der Waals surface area contributed by atoms with Crippen LogP contribution in [0.25, 0.3) is 0 Å². The maximum atomic E-state index is 12.1. The Kier molecular flexibility index (Phi) is 5.16. The number of para-hydroxylation sites is 2. The van der Waals surface area contributed by atoms with Crippen LogP contribution in [0.1, 0.15) is 27.2 Å². The number of nitrogens with one attached hydrogen (secondary N) is 1. The fraction of sp³-hybridized carbons (Fsp3) is 0.500. The zero-order chi connectivity index (χ0) is 13.6. The van der Waals surface area contributed by atoms with E-state index in [9.17, 15) is 4.79 Å². The van der Waals surface area contributed by atoms with Crippen molar-refractivity contribution >= 4 is 11.6 Å². The van der Waals surface area contributed by atoms with Gasteiger partial charge in [0.2, 0.25) is 5.91 Å². The second-order valence-electron chi connectivity index (χ2n) is 4.82. The molecule has 1 rings (SSSR count). The molecular weight excluding hydrogens is 228 g/mol. The SMILES string of the molecule is CCC(C)(C)C(=O)Nc1ccccc1OCCN. The van der Waals surface area contributed by atoms with E-state index in [1.165, 1.54) is 0 Å². The van der Waals surface area contributed by atoms with E-state index in [1.54, 1.807) is 0 Å². The fourth-order valence-electron chi connectivity index (χ4n) is 1.32. The molecule has 0 fully saturated rings. The summed E-state index contributed by atoms with van der Waals surface area (Å²) in [6.45, 7) is 6.72. The van der Waals surface area contributed by atoms with Gasteiger partial charge in [0.05, 0.1) is 5.69 Å². The van der Waals surface area contributed by atoms with Crippen molar-refractivity contribution < 1.29 is 9.53 Å². The standard InChI is InChI=1S/C14H22N2O2/c1-4-14(2,3)13(17)16-11-7-5-6-8-12(11)18-10-9-15/h5-8H,4,9-10,15H2,1-3H3,(H,16,17). The second-order valence-corrected chi connectivity index (χ2v) is 4.82. The number of nitrogens with two attached hydrogens (primary N) is 1. The lowest BCUT2D eigenvalue weighted by molar-refractivity contribution is -0.124. The molecule has 0 bridgehead atoms. The maximum absolute atomic E-state index is 12.1. The molecule has 4 heteroatoms. The van der Waals surface area contributed by atoms with Gasteiger partial charge in [0.1, 0.15) is 12.4 Å². The van der Waals surface area contributed by atoms with E-state index in [1.807, 2.05) is 45.0 Å². The van der Waals surface area contributed by atoms with Gasteiger partial charge in [0.25, 0.3) is 0 Å². The van der Waals surface area contributed by atoms with Gasteiger partial charge in [-0.25, -0.2) is 0 Å². The van der Waals surface area contributed by atoms with Crippen molar-refractivity contribution in [3.63, 3.8) is 0 Å². The molecule has 0 saturated heterocycles. The van der Waals surface area contributed by atoms with Crippen molar-refractivity contribution in [3.05, 3.63) is 24.3 Å². The lowest BCUT2D eigenvalue weighted by Crippen LogP contribution is -2.30. The highest BCUT2D eigenvalue weighted by Crippen LogP contribution is 2.27. The van der Waals surface area contributed by atoms with Gasteiger partial charge in [-0.3, -0.25) is 4.79 Å². The maximum Gasteiger partial charge on any atom is 0.230 e. The van der Waals surface area contributed by atoms with Gasteiger partial charge in [-0.15, -0.1) is 0 Å². The smallest absolute Gasteiger partial charge is 0.230 e. The zero-order valence-corrected chi connectivity index (χ0v) is 11.3. The van der Waals surface area contributed by atoms with Crippen LogP contribution in [0.3, 0.4) is 0 Å². The summed E-state index contributed by atoms with van der Waals surface area (Å²) in [4.78, 5) is 12.1. The van der Waals surface area contributed by atoms with E-state index < -0.39 is 0 Å². The van der Waals surface area contributed by atoms with Crippen LogP contribution < -0.4 is 15.8 Å². The number of carbonyl (C=O) groups excluding carboxylic acids is 1. The van der Waals surface area contributed by atoms with Crippen LogP contribution >= 0.6 is 0 Å². The predicted octanol–water partition coefficient (Wildman–Crippen LogP) is 2.40. The Balaban J connectivity index is 2.81. The molecule has 18 heavy (non-hydrogen) atoms. The Morgan fingerprint density at radius 2 is 2.06 bits per heavy atom. The zero-order valence-electron chi connectivity index (χ0n) is 11.3. The van der Waals surface area contributed by atoms with Crippen LogP contribution in [-0.4, -0.2) is 19.1 Å². The molecule has 3 N–H and O–H groups in total. The van der Waals surface area contributed by atoms with Gasteiger partial charge in [0, 0.05) is 12.0 Å². The fourth-order valence-corrected chi connectivity index (χ4v) is 1.32. The van der Waals surface area contributed by atoms with E-state index in [-0.39, 0.29) is 11.3 Å². The van der Waals surface area contributed by atoms with Crippen molar-refractivity contribution in [3.8, 4) is 5.75 Å². The average molecular weight is 250 g/mol. The number of anilines is 1. The molecule has 0 atom stereocenters. The molecule has 1 aromatic rings. The first-order chi connectivity index (χ1) is 8.51. The number of amides is 1. The molecule has 100 valence electrons. The highest BCUT2D eigenvalue weighted by Gasteiger charge is 2.25. The monoisotopic (exact) mass is 250 g/mol. The molecule has 0 aliphatic carbocycles. The van der Waals surface area contributed by atoms with Crippen LogP contribution in [0.4, 0.5) is 5.69 Å². The summed E-state index contributed by atoms with van der Waals surface area (Å²) >= 11 is 0. The van der Waals surface area contributed by atoms with E-state index in [0.717, 1.165) is 6.42 Å². The topological polar surface area (TPSA) is 64.3 Å². The Labute approximate surface area is 109 Å². The van der Waals surface area contributed by atoms with Gasteiger partial charge in [-0.2, -0.15) is 0 Å². The Hall–Kier alpha value is -1.55. The molecule has 1 aromatic carbocycles. The molecule has 0 radical (unpaired) electrons. The number of benzene rings is 1. The summed E-state index contributed by atoms with van der Waals surface area (Å²) in [5.74, 6) is 0.650. The first-order valence-electron chi connectivity index (χ1n) is 6.24. The number of carbonyl (C=O) groups is 1. The molecule has 1 amide bonds. The van der Waals surface area contributed by atoms with Crippen LogP contribution in [0, 0.1) is 5.41 Å². The van der Waals surface area contributed by atoms with Crippen molar-refractivity contribution in [2.24, 2.45) is 11.1 Å². The average Bonchev–Trinajstić information content (AvgIpc) is 2.37. The molecule has 4 nitrogen and oxygen atoms in total. The minimum atomic E-state index is -0.388. The van der Waals surface area contributed by atoms with Crippen LogP contribution in [0.15, 0.2) is 24.3 Å². The van der Waals surface area contributed by atoms with Gasteiger partial charge in [-0.05, 0) is 18.6 Å². The highest BCUT2D eigenvalue weighted by atomic mass is 16.5. The van der Waals surface area contributed by atoms with E-state index in [2.05, 4.69) is 5.32 Å². The Morgan fingerprint density at radius 1 is 1.39 bits per heavy atom. The third-order valence-electron chi connectivity index (χ3n) is 3.01. The third-order valence-corrected chi connectivity index (χ3v) is 3.01. The second kappa shape index (κ2) is 6.40. The normalized spacial score (nSPS) is 11.1. The van der Waals surface area contributed by atoms with Crippen molar-refractivity contribution in [1.82, 2.24) is 0 Å². The van der Waals surface area contributed by atoms with Crippen molar-refractivity contribution in [2.45, 2.75) is 27.2 Å². The molecule has 0 aliphatic rings. The molecule has 0 saturated carbocycles. The van der Waals surface area contributed by atoms with Gasteiger partial charge < -0.3 is 15.8 Å². The summed E-state index contributed by atoms with van der Waals surface area (Å²) < 4.78 is 5.49. The van der Waals surface area contributed by atoms with E-state index in [0.29, 0.717) is 24.6 Å². The lowest BCUT2D eigenvalue weighted by Gasteiger charge is -2.22. The van der Waals surface area contributed by atoms with Crippen molar-refractivity contribution in [1.29, 1.82) is 0 Å². The number of rotatable bonds is 6. The molecule has 0 unspecified atom stereocenters. The lowest BCUT2D eigenvalue weighted by atomic mass is 9.89. The minimum Gasteiger partial charge on any atom is -0.490 e. The molecule has 0 aromatic heterocycles. The number of hydrogen-bond acceptors (Lipinski definition) is 3. The summed E-state index contributed by atoms with van der Waals surface area (Å²) in [5, 5.41) is 2.91. The number of ether oxygens (including phenoxy) is 1. The van der Waals surface area contributed by atoms with Gasteiger partial charge >= 0.3 is 0 Å². The minimum absolute atomic E-state index is 0.00574. The van der Waals surface area contributed by atoms with Crippen LogP contribution in [0.5, 0.6) is 5.75 Å². The van der Waals surface area contributed by atoms with E-state index >= 15 is 0 Å². The molecular formula is C14H22N2O2. The van der Waals surface area contributed by atoms with Crippen molar-refractivity contribution in [2.75, 3.05) is 18.5 Å². The number of hydrogen-bond donors (Lipinski definition) is 2. The summed E-state index contributed by atoms with van der Waals surface area (Å²) in [6.07, 6.45) is 0.782. The third kappa shape index (κ3) is 3.74. The summed E-state index contributed by atoms with van der Waals surface area (Å²) in [6, 6.07) is 7.38. The Bertz CT molecular complexity index is 403. The van der Waals surface area contributed by atoms with Crippen LogP contribution in [0.2, 0.25) is 0 Å². The molecule has 0 aliphatic heterocycles. The van der Waals surface area contributed by atoms with Crippen LogP contribution in [-0.2, 0) is 4.79 Å². The predicted molar refractivity (Wildman–Crippen MR) is 73.7 cm³/mol. The first-order valence-corrected chi connectivity index (χ1v) is 6.24. The Morgan fingerprint density at radius 3 is 2.67 bits per heavy atom. The van der Waals surface area contributed by atoms with Gasteiger partial charge in [0.15, 0.2) is 0 Å². The highest BCUT2D eigenvalue weighted by molar-refractivity contribution is 5.95. The quantitative estimate of drug-likeness (QED) is 0.814. The van der Waals surface area contributed by atoms with E-state index in [4.69, 9.17) is 10.5 Å². The summed E-state index contributed by atoms with van der Waals surface area (Å²) in [7, 11) is 0. The first kappa shape index (κ1) is 14.5.